The minimum absolute atomic E-state index is 0.165. The summed E-state index contributed by atoms with van der Waals surface area (Å²) in [5.74, 6) is -5.65. The van der Waals surface area contributed by atoms with Crippen LogP contribution in [-0.4, -0.2) is 74.4 Å². The molecule has 0 radical (unpaired) electrons. The van der Waals surface area contributed by atoms with Gasteiger partial charge in [-0.25, -0.2) is 27.6 Å². The van der Waals surface area contributed by atoms with E-state index in [1.807, 2.05) is 6.07 Å². The molecule has 2 aromatic carbocycles. The summed E-state index contributed by atoms with van der Waals surface area (Å²) in [5.41, 5.74) is -1.53. The number of halogens is 3. The van der Waals surface area contributed by atoms with E-state index in [0.29, 0.717) is 11.6 Å². The Morgan fingerprint density at radius 1 is 1.12 bits per heavy atom. The summed E-state index contributed by atoms with van der Waals surface area (Å²) in [4.78, 5) is 39.7. The first-order valence-corrected chi connectivity index (χ1v) is 15.7. The van der Waals surface area contributed by atoms with E-state index >= 15 is 4.39 Å². The maximum Gasteiger partial charge on any atom is 0.345 e. The zero-order chi connectivity index (χ0) is 35.4. The lowest BCUT2D eigenvalue weighted by molar-refractivity contribution is -0.173. The highest BCUT2D eigenvalue weighted by Gasteiger charge is 2.47. The molecule has 1 fully saturated rings. The highest BCUT2D eigenvalue weighted by molar-refractivity contribution is 8.00. The van der Waals surface area contributed by atoms with E-state index in [0.717, 1.165) is 18.2 Å². The summed E-state index contributed by atoms with van der Waals surface area (Å²) < 4.78 is 67.3. The van der Waals surface area contributed by atoms with Gasteiger partial charge in [-0.05, 0) is 37.3 Å². The second-order valence-corrected chi connectivity index (χ2v) is 12.3. The van der Waals surface area contributed by atoms with Gasteiger partial charge in [-0.15, -0.1) is 11.8 Å². The lowest BCUT2D eigenvalue weighted by Gasteiger charge is -2.40. The molecule has 0 amide bonds. The highest BCUT2D eigenvalue weighted by atomic mass is 32.2. The van der Waals surface area contributed by atoms with Crippen LogP contribution in [0.25, 0.3) is 6.08 Å². The molecular formula is C33H31F3N4O8S. The molecule has 12 nitrogen and oxygen atoms in total. The molecule has 258 valence electrons. The van der Waals surface area contributed by atoms with Crippen LogP contribution in [0.5, 0.6) is 0 Å². The Morgan fingerprint density at radius 3 is 2.55 bits per heavy atom. The molecule has 0 unspecified atom stereocenters. The SMILES string of the molecule is C[C@@H](SC1COC(/C=C/C=C/c2ccc(C#N)cc2F)OC1)[C@@](Cn1cncn1)(OC(=O)COC(=O)CCC(=O)O)c1ccc(F)cc1F. The maximum absolute atomic E-state index is 15.5. The molecule has 0 aliphatic carbocycles. The molecule has 4 rings (SSSR count). The van der Waals surface area contributed by atoms with E-state index < -0.39 is 71.9 Å². The molecule has 3 aromatic rings. The normalized spacial score (nSPS) is 18.1. The van der Waals surface area contributed by atoms with E-state index in [4.69, 9.17) is 29.3 Å². The molecule has 1 aliphatic heterocycles. The molecule has 2 atom stereocenters. The van der Waals surface area contributed by atoms with Crippen LogP contribution in [0.2, 0.25) is 0 Å². The lowest BCUT2D eigenvalue weighted by Crippen LogP contribution is -2.47. The Hall–Kier alpha value is -4.98. The average Bonchev–Trinajstić information content (AvgIpc) is 3.58. The van der Waals surface area contributed by atoms with E-state index in [2.05, 4.69) is 10.1 Å². The Bertz CT molecular complexity index is 1720. The number of carbonyl (C=O) groups is 3. The highest BCUT2D eigenvalue weighted by Crippen LogP contribution is 2.42. The number of carboxylic acid groups (broad SMARTS) is 1. The zero-order valence-corrected chi connectivity index (χ0v) is 26.9. The van der Waals surface area contributed by atoms with Crippen molar-refractivity contribution in [2.75, 3.05) is 19.8 Å². The first-order chi connectivity index (χ1) is 23.5. The molecule has 1 saturated heterocycles. The van der Waals surface area contributed by atoms with Gasteiger partial charge in [0.15, 0.2) is 18.5 Å². The number of allylic oxidation sites excluding steroid dienone is 2. The predicted molar refractivity (Wildman–Crippen MR) is 168 cm³/mol. The van der Waals surface area contributed by atoms with Crippen molar-refractivity contribution in [2.45, 2.75) is 48.7 Å². The third kappa shape index (κ3) is 10.5. The number of benzene rings is 2. The standard InChI is InChI=1S/C33H31F3N4O8S/c1-21(49-25-15-46-32(47-16-25)5-3-2-4-23-7-6-22(14-37)12-27(23)35)33(18-40-20-38-19-39-40,26-9-8-24(34)13-28(26)36)48-31(44)17-45-30(43)11-10-29(41)42/h2-9,12-13,19-21,25,32H,10-11,15-18H2,1H3,(H,41,42)/b4-2+,5-3+/t21-,25?,32?,33-/m1/s1. The van der Waals surface area contributed by atoms with E-state index in [1.165, 1.54) is 47.3 Å². The molecule has 1 aromatic heterocycles. The van der Waals surface area contributed by atoms with Gasteiger partial charge in [-0.2, -0.15) is 10.4 Å². The minimum Gasteiger partial charge on any atom is -0.481 e. The second-order valence-electron chi connectivity index (χ2n) is 10.7. The van der Waals surface area contributed by atoms with Crippen molar-refractivity contribution in [3.05, 3.63) is 101 Å². The predicted octanol–water partition coefficient (Wildman–Crippen LogP) is 4.55. The van der Waals surface area contributed by atoms with Crippen molar-refractivity contribution in [2.24, 2.45) is 0 Å². The number of nitriles is 1. The van der Waals surface area contributed by atoms with Gasteiger partial charge in [0.25, 0.3) is 0 Å². The first-order valence-electron chi connectivity index (χ1n) is 14.8. The Kier molecular flexibility index (Phi) is 13.1. The number of carboxylic acids is 1. The quantitative estimate of drug-likeness (QED) is 0.174. The number of hydrogen-bond acceptors (Lipinski definition) is 11. The van der Waals surface area contributed by atoms with Crippen molar-refractivity contribution < 1.29 is 51.6 Å². The number of nitrogens with zero attached hydrogens (tertiary/aromatic N) is 4. The fraction of sp³-hybridized carbons (Fsp3) is 0.333. The molecule has 1 aliphatic rings. The maximum atomic E-state index is 15.5. The summed E-state index contributed by atoms with van der Waals surface area (Å²) in [6.07, 6.45) is 7.18. The molecule has 2 heterocycles. The van der Waals surface area contributed by atoms with Gasteiger partial charge in [0.05, 0.1) is 49.5 Å². The van der Waals surface area contributed by atoms with Gasteiger partial charge in [-0.1, -0.05) is 24.3 Å². The van der Waals surface area contributed by atoms with Crippen LogP contribution < -0.4 is 0 Å². The van der Waals surface area contributed by atoms with Crippen LogP contribution >= 0.6 is 11.8 Å². The number of hydrogen-bond donors (Lipinski definition) is 1. The van der Waals surface area contributed by atoms with Crippen LogP contribution in [0.4, 0.5) is 13.2 Å². The molecular weight excluding hydrogens is 669 g/mol. The zero-order valence-electron chi connectivity index (χ0n) is 26.0. The fourth-order valence-electron chi connectivity index (χ4n) is 4.78. The Morgan fingerprint density at radius 2 is 1.90 bits per heavy atom. The number of carbonyl (C=O) groups excluding carboxylic acids is 2. The van der Waals surface area contributed by atoms with E-state index in [9.17, 15) is 23.2 Å². The molecule has 1 N–H and O–H groups in total. The van der Waals surface area contributed by atoms with Gasteiger partial charge < -0.3 is 24.1 Å². The molecule has 0 saturated carbocycles. The monoisotopic (exact) mass is 700 g/mol. The smallest absolute Gasteiger partial charge is 0.345 e. The number of aliphatic carboxylic acids is 1. The number of esters is 2. The Labute approximate surface area is 283 Å². The fourth-order valence-corrected chi connectivity index (χ4v) is 6.14. The number of rotatable bonds is 15. The van der Waals surface area contributed by atoms with Gasteiger partial charge in [-0.3, -0.25) is 9.59 Å². The van der Waals surface area contributed by atoms with Crippen molar-refractivity contribution >= 4 is 35.7 Å². The van der Waals surface area contributed by atoms with Gasteiger partial charge in [0, 0.05) is 22.4 Å². The van der Waals surface area contributed by atoms with Crippen molar-refractivity contribution in [1.29, 1.82) is 5.26 Å². The van der Waals surface area contributed by atoms with E-state index in [1.54, 1.807) is 25.2 Å². The second kappa shape index (κ2) is 17.4. The number of aromatic nitrogens is 3. The largest absolute Gasteiger partial charge is 0.481 e. The average molecular weight is 701 g/mol. The summed E-state index contributed by atoms with van der Waals surface area (Å²) in [6.45, 7) is 0.828. The topological polar surface area (TPSA) is 163 Å². The van der Waals surface area contributed by atoms with Crippen LogP contribution in [0.15, 0.2) is 67.3 Å². The molecule has 49 heavy (non-hydrogen) atoms. The number of thioether (sulfide) groups is 1. The molecule has 16 heteroatoms. The van der Waals surface area contributed by atoms with Gasteiger partial charge in [0.1, 0.15) is 30.1 Å². The third-order valence-electron chi connectivity index (χ3n) is 7.17. The Balaban J connectivity index is 1.48. The minimum atomic E-state index is -1.86. The van der Waals surface area contributed by atoms with Crippen molar-refractivity contribution in [3.63, 3.8) is 0 Å². The summed E-state index contributed by atoms with van der Waals surface area (Å²) in [6, 6.07) is 8.82. The van der Waals surface area contributed by atoms with Crippen LogP contribution in [0, 0.1) is 28.8 Å². The van der Waals surface area contributed by atoms with Crippen LogP contribution in [-0.2, 0) is 45.5 Å². The van der Waals surface area contributed by atoms with Crippen LogP contribution in [0.1, 0.15) is 36.5 Å². The van der Waals surface area contributed by atoms with Crippen molar-refractivity contribution in [3.8, 4) is 6.07 Å². The van der Waals surface area contributed by atoms with Crippen LogP contribution in [0.3, 0.4) is 0 Å². The lowest BCUT2D eigenvalue weighted by atomic mass is 9.89. The third-order valence-corrected chi connectivity index (χ3v) is 8.62. The van der Waals surface area contributed by atoms with Crippen molar-refractivity contribution in [1.82, 2.24) is 14.8 Å². The molecule has 0 bridgehead atoms. The summed E-state index contributed by atoms with van der Waals surface area (Å²) >= 11 is 1.24. The van der Waals surface area contributed by atoms with Gasteiger partial charge in [0.2, 0.25) is 0 Å². The first kappa shape index (κ1) is 36.8. The summed E-state index contributed by atoms with van der Waals surface area (Å²) in [5, 5.41) is 20.6. The van der Waals surface area contributed by atoms with Gasteiger partial charge >= 0.3 is 17.9 Å². The number of ether oxygens (including phenoxy) is 4. The summed E-state index contributed by atoms with van der Waals surface area (Å²) in [7, 11) is 0. The van der Waals surface area contributed by atoms with E-state index in [-0.39, 0.29) is 36.1 Å². The molecule has 0 spiro atoms.